The molecule has 0 aromatic heterocycles. The van der Waals surface area contributed by atoms with Gasteiger partial charge in [-0.05, 0) is 13.8 Å². The van der Waals surface area contributed by atoms with Gasteiger partial charge in [0.1, 0.15) is 11.5 Å². The molecule has 0 bridgehead atoms. The average molecular weight is 278 g/mol. The molecule has 0 aliphatic heterocycles. The SMILES string of the molecule is CC(OC(=O)OC(C)=C(F)C(F)F)=C(F)C(F)F. The molecule has 0 rings (SSSR count). The molecule has 104 valence electrons. The third-order valence-electron chi connectivity index (χ3n) is 1.53. The molecule has 0 radical (unpaired) electrons. The van der Waals surface area contributed by atoms with Gasteiger partial charge in [0.25, 0.3) is 12.9 Å². The summed E-state index contributed by atoms with van der Waals surface area (Å²) in [6.45, 7) is 1.37. The van der Waals surface area contributed by atoms with Crippen LogP contribution in [0, 0.1) is 0 Å². The van der Waals surface area contributed by atoms with E-state index in [2.05, 4.69) is 9.47 Å². The van der Waals surface area contributed by atoms with Crippen molar-refractivity contribution >= 4 is 6.16 Å². The molecule has 0 saturated heterocycles. The molecule has 0 aromatic carbocycles. The van der Waals surface area contributed by atoms with Crippen molar-refractivity contribution in [3.8, 4) is 0 Å². The first-order valence-electron chi connectivity index (χ1n) is 4.35. The number of rotatable bonds is 4. The summed E-state index contributed by atoms with van der Waals surface area (Å²) in [5.74, 6) is -6.27. The van der Waals surface area contributed by atoms with Crippen LogP contribution in [0.3, 0.4) is 0 Å². The predicted molar refractivity (Wildman–Crippen MR) is 47.2 cm³/mol. The lowest BCUT2D eigenvalue weighted by Gasteiger charge is -2.07. The number of hydrogen-bond donors (Lipinski definition) is 0. The first kappa shape index (κ1) is 16.3. The van der Waals surface area contributed by atoms with Gasteiger partial charge >= 0.3 is 6.16 Å². The second-order valence-electron chi connectivity index (χ2n) is 2.86. The zero-order chi connectivity index (χ0) is 14.5. The monoisotopic (exact) mass is 278 g/mol. The van der Waals surface area contributed by atoms with E-state index in [1.165, 1.54) is 0 Å². The van der Waals surface area contributed by atoms with Crippen LogP contribution < -0.4 is 0 Å². The van der Waals surface area contributed by atoms with Gasteiger partial charge in [0.05, 0.1) is 0 Å². The molecule has 18 heavy (non-hydrogen) atoms. The van der Waals surface area contributed by atoms with Crippen molar-refractivity contribution in [2.45, 2.75) is 26.7 Å². The van der Waals surface area contributed by atoms with Crippen LogP contribution in [0.5, 0.6) is 0 Å². The maximum Gasteiger partial charge on any atom is 0.518 e. The quantitative estimate of drug-likeness (QED) is 0.441. The minimum Gasteiger partial charge on any atom is -0.397 e. The van der Waals surface area contributed by atoms with Crippen LogP contribution in [-0.4, -0.2) is 19.0 Å². The molecular weight excluding hydrogens is 270 g/mol. The van der Waals surface area contributed by atoms with Crippen molar-refractivity contribution < 1.29 is 40.6 Å². The van der Waals surface area contributed by atoms with Gasteiger partial charge in [-0.1, -0.05) is 0 Å². The molecule has 9 heteroatoms. The van der Waals surface area contributed by atoms with Crippen LogP contribution in [0.1, 0.15) is 13.8 Å². The predicted octanol–water partition coefficient (Wildman–Crippen LogP) is 4.07. The lowest BCUT2D eigenvalue weighted by atomic mass is 10.4. The number of carbonyl (C=O) groups excluding carboxylic acids is 1. The Hall–Kier alpha value is -1.67. The number of alkyl halides is 4. The van der Waals surface area contributed by atoms with Crippen molar-refractivity contribution in [1.29, 1.82) is 0 Å². The van der Waals surface area contributed by atoms with E-state index in [1.807, 2.05) is 0 Å². The van der Waals surface area contributed by atoms with Gasteiger partial charge in [0.2, 0.25) is 11.7 Å². The number of carbonyl (C=O) groups is 1. The Morgan fingerprint density at radius 3 is 1.33 bits per heavy atom. The first-order valence-corrected chi connectivity index (χ1v) is 4.35. The molecule has 0 saturated carbocycles. The molecule has 0 amide bonds. The molecule has 0 aromatic rings. The molecule has 0 fully saturated rings. The first-order chi connectivity index (χ1) is 8.16. The molecule has 3 nitrogen and oxygen atoms in total. The van der Waals surface area contributed by atoms with E-state index >= 15 is 0 Å². The Morgan fingerprint density at radius 2 is 1.11 bits per heavy atom. The van der Waals surface area contributed by atoms with Crippen LogP contribution >= 0.6 is 0 Å². The summed E-state index contributed by atoms with van der Waals surface area (Å²) >= 11 is 0. The summed E-state index contributed by atoms with van der Waals surface area (Å²) in [6.07, 6.45) is -8.82. The van der Waals surface area contributed by atoms with Gasteiger partial charge < -0.3 is 9.47 Å². The maximum atomic E-state index is 12.5. The number of halogens is 6. The Balaban J connectivity index is 4.65. The van der Waals surface area contributed by atoms with Crippen LogP contribution in [0.4, 0.5) is 31.1 Å². The van der Waals surface area contributed by atoms with Crippen LogP contribution in [0.15, 0.2) is 23.2 Å². The Morgan fingerprint density at radius 1 is 0.833 bits per heavy atom. The van der Waals surface area contributed by atoms with Gasteiger partial charge in [-0.15, -0.1) is 0 Å². The van der Waals surface area contributed by atoms with Gasteiger partial charge in [0, 0.05) is 0 Å². The van der Waals surface area contributed by atoms with Crippen molar-refractivity contribution in [2.24, 2.45) is 0 Å². The number of hydrogen-bond acceptors (Lipinski definition) is 3. The van der Waals surface area contributed by atoms with E-state index in [1.54, 1.807) is 0 Å². The standard InChI is InChI=1S/C9H8F6O3/c1-3(5(10)7(12)13)17-9(16)18-4(2)6(11)8(14)15/h7-8H,1-2H3. The molecule has 0 unspecified atom stereocenters. The Labute approximate surface area is 97.7 Å². The summed E-state index contributed by atoms with van der Waals surface area (Å²) in [5.41, 5.74) is 0. The second kappa shape index (κ2) is 6.92. The second-order valence-corrected chi connectivity index (χ2v) is 2.86. The minimum absolute atomic E-state index is 0.686. The van der Waals surface area contributed by atoms with Gasteiger partial charge in [-0.3, -0.25) is 0 Å². The highest BCUT2D eigenvalue weighted by Gasteiger charge is 2.21. The van der Waals surface area contributed by atoms with Gasteiger partial charge in [-0.2, -0.15) is 0 Å². The Kier molecular flexibility index (Phi) is 6.28. The molecule has 0 atom stereocenters. The third kappa shape index (κ3) is 5.11. The molecule has 0 N–H and O–H groups in total. The van der Waals surface area contributed by atoms with Crippen LogP contribution in [0.2, 0.25) is 0 Å². The zero-order valence-corrected chi connectivity index (χ0v) is 9.15. The molecular formula is C9H8F6O3. The number of allylic oxidation sites excluding steroid dienone is 4. The van der Waals surface area contributed by atoms with Crippen molar-refractivity contribution in [1.82, 2.24) is 0 Å². The summed E-state index contributed by atoms with van der Waals surface area (Å²) in [5, 5.41) is 0. The number of ether oxygens (including phenoxy) is 2. The summed E-state index contributed by atoms with van der Waals surface area (Å²) in [6, 6.07) is 0. The zero-order valence-electron chi connectivity index (χ0n) is 9.15. The summed E-state index contributed by atoms with van der Waals surface area (Å²) < 4.78 is 79.9. The smallest absolute Gasteiger partial charge is 0.397 e. The van der Waals surface area contributed by atoms with Crippen molar-refractivity contribution in [2.75, 3.05) is 0 Å². The lowest BCUT2D eigenvalue weighted by molar-refractivity contribution is 0.0844. The maximum absolute atomic E-state index is 12.5. The van der Waals surface area contributed by atoms with E-state index in [0.717, 1.165) is 0 Å². The summed E-state index contributed by atoms with van der Waals surface area (Å²) in [4.78, 5) is 10.8. The largest absolute Gasteiger partial charge is 0.518 e. The normalized spacial score (nSPS) is 14.3. The van der Waals surface area contributed by atoms with E-state index in [9.17, 15) is 31.1 Å². The van der Waals surface area contributed by atoms with Gasteiger partial charge in [-0.25, -0.2) is 31.1 Å². The highest BCUT2D eigenvalue weighted by molar-refractivity contribution is 5.62. The fraction of sp³-hybridized carbons (Fsp3) is 0.444. The van der Waals surface area contributed by atoms with Crippen LogP contribution in [-0.2, 0) is 9.47 Å². The topological polar surface area (TPSA) is 35.5 Å². The summed E-state index contributed by atoms with van der Waals surface area (Å²) in [7, 11) is 0. The van der Waals surface area contributed by atoms with Crippen molar-refractivity contribution in [3.63, 3.8) is 0 Å². The Bertz CT molecular complexity index is 340. The third-order valence-corrected chi connectivity index (χ3v) is 1.53. The highest BCUT2D eigenvalue weighted by atomic mass is 19.3. The molecule has 0 spiro atoms. The fourth-order valence-electron chi connectivity index (χ4n) is 0.676. The van der Waals surface area contributed by atoms with Crippen LogP contribution in [0.25, 0.3) is 0 Å². The average Bonchev–Trinajstić information content (AvgIpc) is 2.25. The van der Waals surface area contributed by atoms with E-state index < -0.39 is 42.2 Å². The molecule has 0 aliphatic rings. The fourth-order valence-corrected chi connectivity index (χ4v) is 0.676. The van der Waals surface area contributed by atoms with Gasteiger partial charge in [0.15, 0.2) is 0 Å². The highest BCUT2D eigenvalue weighted by Crippen LogP contribution is 2.19. The van der Waals surface area contributed by atoms with E-state index in [4.69, 9.17) is 0 Å². The van der Waals surface area contributed by atoms with E-state index in [-0.39, 0.29) is 0 Å². The minimum atomic E-state index is -3.51. The molecule has 0 heterocycles. The van der Waals surface area contributed by atoms with E-state index in [0.29, 0.717) is 13.8 Å². The molecule has 0 aliphatic carbocycles. The lowest BCUT2D eigenvalue weighted by Crippen LogP contribution is -2.09. The van der Waals surface area contributed by atoms with Crippen molar-refractivity contribution in [3.05, 3.63) is 23.2 Å².